The van der Waals surface area contributed by atoms with Gasteiger partial charge in [0.25, 0.3) is 0 Å². The number of nitrogens with zero attached hydrogens (tertiary/aromatic N) is 2. The van der Waals surface area contributed by atoms with Gasteiger partial charge in [-0.25, -0.2) is 0 Å². The number of aliphatic hydroxyl groups excluding tert-OH is 3. The van der Waals surface area contributed by atoms with Crippen molar-refractivity contribution in [2.45, 2.75) is 106 Å². The van der Waals surface area contributed by atoms with E-state index in [1.54, 1.807) is 10.8 Å². The van der Waals surface area contributed by atoms with Crippen LogP contribution in [-0.4, -0.2) is 133 Å². The number of amides is 5. The van der Waals surface area contributed by atoms with Crippen LogP contribution < -0.4 is 26.6 Å². The number of likely N-dealkylation sites (N-methyl/N-ethyl adjacent to an activating group) is 1. The molecule has 0 radical (unpaired) electrons. The number of carbonyl (C=O) groups is 6. The van der Waals surface area contributed by atoms with Crippen molar-refractivity contribution < 1.29 is 49.2 Å². The molecule has 2 aromatic rings. The SMILES string of the molecule is C[C@H](O)C[C@H]1C(O)N[C@@H]2Cn3cc4ccsc4c3SC[C@H](NC(=O)[C@@H]([C@H](C)O)NC(=O)[C@H](C)NC(=O)[C@H](CCC(=O)O)NC2=O)C(=O)N1C. The summed E-state index contributed by atoms with van der Waals surface area (Å²) in [5, 5.41) is 57.9. The monoisotopic (exact) mass is 725 g/mol. The predicted molar refractivity (Wildman–Crippen MR) is 178 cm³/mol. The number of aliphatic carboxylic acids is 1. The second-order valence-corrected chi connectivity index (χ2v) is 14.3. The predicted octanol–water partition coefficient (Wildman–Crippen LogP) is -2.10. The highest BCUT2D eigenvalue weighted by Crippen LogP contribution is 2.35. The van der Waals surface area contributed by atoms with E-state index in [2.05, 4.69) is 26.6 Å². The highest BCUT2D eigenvalue weighted by atomic mass is 32.2. The number of thioether (sulfide) groups is 1. The largest absolute Gasteiger partial charge is 0.481 e. The minimum absolute atomic E-state index is 0.0299. The smallest absolute Gasteiger partial charge is 0.303 e. The number of hydrogen-bond donors (Lipinski definition) is 9. The van der Waals surface area contributed by atoms with Gasteiger partial charge in [-0.05, 0) is 45.1 Å². The molecule has 5 heterocycles. The Morgan fingerprint density at radius 3 is 2.37 bits per heavy atom. The molecule has 0 spiro atoms. The quantitative estimate of drug-likeness (QED) is 0.145. The van der Waals surface area contributed by atoms with Crippen LogP contribution in [0, 0.1) is 0 Å². The molecule has 2 bridgehead atoms. The number of thiophene rings is 1. The number of fused-ring (bicyclic) bond motifs is 16. The van der Waals surface area contributed by atoms with Gasteiger partial charge in [-0.1, -0.05) is 0 Å². The number of carboxylic acid groups (broad SMARTS) is 1. The molecule has 0 aromatic carbocycles. The number of carboxylic acids is 1. The van der Waals surface area contributed by atoms with Crippen molar-refractivity contribution in [3.8, 4) is 0 Å². The second kappa shape index (κ2) is 16.3. The summed E-state index contributed by atoms with van der Waals surface area (Å²) in [5.41, 5.74) is 0. The normalized spacial score (nSPS) is 29.2. The fourth-order valence-electron chi connectivity index (χ4n) is 5.69. The molecule has 1 saturated heterocycles. The Kier molecular flexibility index (Phi) is 12.7. The summed E-state index contributed by atoms with van der Waals surface area (Å²) in [5.74, 6) is -5.34. The first-order valence-corrected chi connectivity index (χ1v) is 17.6. The molecule has 9 atom stereocenters. The molecule has 9 N–H and O–H groups in total. The van der Waals surface area contributed by atoms with Crippen LogP contribution in [0.4, 0.5) is 0 Å². The minimum atomic E-state index is -1.61. The first-order valence-electron chi connectivity index (χ1n) is 15.8. The van der Waals surface area contributed by atoms with Crippen molar-refractivity contribution in [3.63, 3.8) is 0 Å². The standard InChI is InChI=1S/C30H43N7O10S2/c1-13(38)9-20-27(45)33-18-11-37-10-16-7-8-48-23(16)30(37)49-12-19(29(47)36(20)4)34-28(46)22(15(3)39)35-24(42)14(2)31-25(43)17(32-26(18)44)5-6-21(40)41/h7-8,10,13-15,17-20,22,27,33,38-39,45H,5-6,9,11-12H2,1-4H3,(H,31,43)(H,32,44)(H,34,46)(H,35,42)(H,40,41)/t13-,14-,15-,17-,18+,19-,20-,22+,27?/m0/s1. The summed E-state index contributed by atoms with van der Waals surface area (Å²) in [7, 11) is 1.38. The number of rotatable bonds is 6. The summed E-state index contributed by atoms with van der Waals surface area (Å²) >= 11 is 2.64. The molecule has 270 valence electrons. The second-order valence-electron chi connectivity index (χ2n) is 12.4. The highest BCUT2D eigenvalue weighted by molar-refractivity contribution is 7.99. The number of hydrogen-bond acceptors (Lipinski definition) is 12. The van der Waals surface area contributed by atoms with Crippen LogP contribution in [0.5, 0.6) is 0 Å². The van der Waals surface area contributed by atoms with Crippen LogP contribution in [0.15, 0.2) is 22.7 Å². The lowest BCUT2D eigenvalue weighted by molar-refractivity contribution is -0.142. The molecule has 5 amide bonds. The molecular weight excluding hydrogens is 683 g/mol. The molecule has 5 rings (SSSR count). The van der Waals surface area contributed by atoms with Gasteiger partial charge in [-0.15, -0.1) is 23.1 Å². The number of aliphatic hydroxyl groups is 3. The molecule has 1 fully saturated rings. The van der Waals surface area contributed by atoms with Crippen LogP contribution in [0.3, 0.4) is 0 Å². The summed E-state index contributed by atoms with van der Waals surface area (Å²) in [6.07, 6.45) is -3.28. The van der Waals surface area contributed by atoms with Crippen molar-refractivity contribution in [1.29, 1.82) is 0 Å². The van der Waals surface area contributed by atoms with Gasteiger partial charge in [-0.3, -0.25) is 34.1 Å². The molecular formula is C30H43N7O10S2. The average molecular weight is 726 g/mol. The molecule has 3 aliphatic heterocycles. The van der Waals surface area contributed by atoms with Crippen LogP contribution in [0.25, 0.3) is 10.1 Å². The zero-order chi connectivity index (χ0) is 36.2. The maximum Gasteiger partial charge on any atom is 0.303 e. The van der Waals surface area contributed by atoms with E-state index in [1.165, 1.54) is 50.9 Å². The van der Waals surface area contributed by atoms with Crippen molar-refractivity contribution in [1.82, 2.24) is 36.1 Å². The minimum Gasteiger partial charge on any atom is -0.481 e. The molecule has 1 unspecified atom stereocenters. The van der Waals surface area contributed by atoms with E-state index >= 15 is 0 Å². The first-order chi connectivity index (χ1) is 23.1. The Bertz CT molecular complexity index is 1560. The van der Waals surface area contributed by atoms with E-state index in [1.807, 2.05) is 11.4 Å². The third-order valence-corrected chi connectivity index (χ3v) is 10.7. The maximum atomic E-state index is 14.1. The molecule has 3 aliphatic rings. The summed E-state index contributed by atoms with van der Waals surface area (Å²) < 4.78 is 2.58. The van der Waals surface area contributed by atoms with E-state index in [-0.39, 0.29) is 25.1 Å². The van der Waals surface area contributed by atoms with Crippen molar-refractivity contribution >= 4 is 68.7 Å². The van der Waals surface area contributed by atoms with Crippen LogP contribution >= 0.6 is 23.1 Å². The molecule has 17 nitrogen and oxygen atoms in total. The van der Waals surface area contributed by atoms with E-state index in [0.717, 1.165) is 15.0 Å². The molecule has 2 aromatic heterocycles. The van der Waals surface area contributed by atoms with Crippen LogP contribution in [-0.2, 0) is 35.3 Å². The van der Waals surface area contributed by atoms with Crippen LogP contribution in [0.1, 0.15) is 40.0 Å². The summed E-state index contributed by atoms with van der Waals surface area (Å²) in [4.78, 5) is 80.9. The Morgan fingerprint density at radius 2 is 1.71 bits per heavy atom. The Balaban J connectivity index is 1.89. The Hall–Kier alpha value is -3.75. The lowest BCUT2D eigenvalue weighted by Gasteiger charge is -2.38. The van der Waals surface area contributed by atoms with Crippen molar-refractivity contribution in [3.05, 3.63) is 17.6 Å². The number of carbonyl (C=O) groups excluding carboxylic acids is 5. The van der Waals surface area contributed by atoms with Gasteiger partial charge in [-0.2, -0.15) is 0 Å². The van der Waals surface area contributed by atoms with E-state index in [9.17, 15) is 49.2 Å². The van der Waals surface area contributed by atoms with E-state index in [4.69, 9.17) is 0 Å². The Morgan fingerprint density at radius 1 is 1.00 bits per heavy atom. The highest BCUT2D eigenvalue weighted by Gasteiger charge is 2.39. The molecule has 0 saturated carbocycles. The van der Waals surface area contributed by atoms with Crippen molar-refractivity contribution in [2.24, 2.45) is 0 Å². The zero-order valence-corrected chi connectivity index (χ0v) is 29.0. The van der Waals surface area contributed by atoms with Gasteiger partial charge in [0.1, 0.15) is 36.4 Å². The van der Waals surface area contributed by atoms with Gasteiger partial charge in [0.2, 0.25) is 29.5 Å². The molecule has 49 heavy (non-hydrogen) atoms. The van der Waals surface area contributed by atoms with E-state index in [0.29, 0.717) is 5.03 Å². The molecule has 0 aliphatic carbocycles. The summed E-state index contributed by atoms with van der Waals surface area (Å²) in [6.45, 7) is 3.94. The van der Waals surface area contributed by atoms with Gasteiger partial charge >= 0.3 is 5.97 Å². The van der Waals surface area contributed by atoms with Crippen LogP contribution in [0.2, 0.25) is 0 Å². The lowest BCUT2D eigenvalue weighted by Crippen LogP contribution is -2.64. The maximum absolute atomic E-state index is 14.1. The number of nitrogens with one attached hydrogen (secondary N) is 5. The fourth-order valence-corrected chi connectivity index (χ4v) is 7.93. The van der Waals surface area contributed by atoms with Gasteiger partial charge < -0.3 is 51.2 Å². The van der Waals surface area contributed by atoms with Gasteiger partial charge in [0, 0.05) is 37.3 Å². The molecule has 19 heteroatoms. The number of aromatic nitrogens is 1. The third-order valence-electron chi connectivity index (χ3n) is 8.40. The first kappa shape index (κ1) is 38.1. The van der Waals surface area contributed by atoms with Crippen molar-refractivity contribution in [2.75, 3.05) is 12.8 Å². The Labute approximate surface area is 290 Å². The zero-order valence-electron chi connectivity index (χ0n) is 27.4. The summed E-state index contributed by atoms with van der Waals surface area (Å²) in [6, 6.07) is -6.05. The topological polar surface area (TPSA) is 252 Å². The lowest BCUT2D eigenvalue weighted by atomic mass is 10.0. The van der Waals surface area contributed by atoms with E-state index < -0.39 is 96.6 Å². The van der Waals surface area contributed by atoms with Gasteiger partial charge in [0.15, 0.2) is 0 Å². The van der Waals surface area contributed by atoms with Gasteiger partial charge in [0.05, 0.1) is 28.0 Å². The fraction of sp³-hybridized carbons (Fsp3) is 0.600. The average Bonchev–Trinajstić information content (AvgIpc) is 3.61. The third kappa shape index (κ3) is 9.28.